The van der Waals surface area contributed by atoms with Crippen LogP contribution in [0.5, 0.6) is 5.75 Å². The molecule has 132 valence electrons. The van der Waals surface area contributed by atoms with Gasteiger partial charge >= 0.3 is 0 Å². The average Bonchev–Trinajstić information content (AvgIpc) is 2.96. The van der Waals surface area contributed by atoms with Gasteiger partial charge in [-0.2, -0.15) is 0 Å². The minimum Gasteiger partial charge on any atom is -0.497 e. The van der Waals surface area contributed by atoms with Gasteiger partial charge in [0, 0.05) is 28.6 Å². The van der Waals surface area contributed by atoms with Gasteiger partial charge in [0.1, 0.15) is 5.75 Å². The number of ketones is 1. The van der Waals surface area contributed by atoms with Crippen LogP contribution >= 0.6 is 11.6 Å². The van der Waals surface area contributed by atoms with E-state index in [1.54, 1.807) is 25.3 Å². The number of halogens is 1. The van der Waals surface area contributed by atoms with Crippen LogP contribution in [-0.4, -0.2) is 23.4 Å². The summed E-state index contributed by atoms with van der Waals surface area (Å²) in [5, 5.41) is 1.27. The Morgan fingerprint density at radius 1 is 1.19 bits per heavy atom. The van der Waals surface area contributed by atoms with Crippen molar-refractivity contribution in [3.8, 4) is 11.4 Å². The molecule has 0 saturated carbocycles. The van der Waals surface area contributed by atoms with Gasteiger partial charge in [-0.3, -0.25) is 9.59 Å². The molecule has 0 spiro atoms. The van der Waals surface area contributed by atoms with E-state index >= 15 is 0 Å². The summed E-state index contributed by atoms with van der Waals surface area (Å²) in [7, 11) is 1.60. The van der Waals surface area contributed by atoms with Gasteiger partial charge in [0.2, 0.25) is 5.91 Å². The van der Waals surface area contributed by atoms with Gasteiger partial charge in [0.15, 0.2) is 5.78 Å². The molecule has 6 heteroatoms. The lowest BCUT2D eigenvalue weighted by atomic mass is 9.94. The van der Waals surface area contributed by atoms with Crippen LogP contribution in [0.1, 0.15) is 39.3 Å². The van der Waals surface area contributed by atoms with Gasteiger partial charge in [-0.05, 0) is 49.2 Å². The maximum atomic E-state index is 12.6. The van der Waals surface area contributed by atoms with Crippen molar-refractivity contribution < 1.29 is 14.3 Å². The number of primary amides is 1. The lowest BCUT2D eigenvalue weighted by Gasteiger charge is -2.16. The number of aromatic nitrogens is 1. The summed E-state index contributed by atoms with van der Waals surface area (Å²) < 4.78 is 7.34. The Balaban J connectivity index is 2.04. The number of hydrogen-bond donors (Lipinski definition) is 1. The van der Waals surface area contributed by atoms with E-state index in [1.807, 2.05) is 22.8 Å². The van der Waals surface area contributed by atoms with Gasteiger partial charge in [0.05, 0.1) is 23.3 Å². The molecule has 0 bridgehead atoms. The molecule has 1 amide bonds. The van der Waals surface area contributed by atoms with Crippen LogP contribution in [0.25, 0.3) is 16.6 Å². The molecule has 0 saturated heterocycles. The number of ether oxygens (including phenoxy) is 1. The number of fused-ring (bicyclic) bond motifs is 3. The van der Waals surface area contributed by atoms with Crippen molar-refractivity contribution in [1.29, 1.82) is 0 Å². The molecule has 0 unspecified atom stereocenters. The Labute approximate surface area is 155 Å². The zero-order valence-corrected chi connectivity index (χ0v) is 15.0. The molecule has 1 aliphatic carbocycles. The zero-order valence-electron chi connectivity index (χ0n) is 14.2. The first kappa shape index (κ1) is 16.7. The number of nitrogens with zero attached hydrogens (tertiary/aromatic N) is 1. The second-order valence-corrected chi connectivity index (χ2v) is 6.75. The zero-order chi connectivity index (χ0) is 18.4. The SMILES string of the molecule is COc1ccc2c(c1)c1c(n2-c2ccc(C(N)=O)cc2Cl)CCCC1=O. The summed E-state index contributed by atoms with van der Waals surface area (Å²) in [4.78, 5) is 24.0. The number of hydrogen-bond acceptors (Lipinski definition) is 3. The quantitative estimate of drug-likeness (QED) is 0.761. The van der Waals surface area contributed by atoms with Gasteiger partial charge in [-0.1, -0.05) is 11.6 Å². The van der Waals surface area contributed by atoms with Gasteiger partial charge < -0.3 is 15.0 Å². The van der Waals surface area contributed by atoms with E-state index in [1.165, 1.54) is 0 Å². The Morgan fingerprint density at radius 3 is 2.69 bits per heavy atom. The highest BCUT2D eigenvalue weighted by molar-refractivity contribution is 6.33. The standard InChI is InChI=1S/C20H17ClN2O3/c1-26-12-6-8-15-13(10-12)19-17(3-2-4-18(19)24)23(15)16-7-5-11(20(22)25)9-14(16)21/h5-10H,2-4H2,1H3,(H2,22,25). The highest BCUT2D eigenvalue weighted by Crippen LogP contribution is 2.38. The van der Waals surface area contributed by atoms with Crippen molar-refractivity contribution in [1.82, 2.24) is 4.57 Å². The fourth-order valence-corrected chi connectivity index (χ4v) is 3.92. The topological polar surface area (TPSA) is 74.3 Å². The molecule has 0 atom stereocenters. The fourth-order valence-electron chi connectivity index (χ4n) is 3.66. The van der Waals surface area contributed by atoms with Gasteiger partial charge in [0.25, 0.3) is 0 Å². The van der Waals surface area contributed by atoms with E-state index in [2.05, 4.69) is 0 Å². The third kappa shape index (κ3) is 2.47. The number of nitrogens with two attached hydrogens (primary N) is 1. The van der Waals surface area contributed by atoms with Crippen LogP contribution in [0.3, 0.4) is 0 Å². The number of carbonyl (C=O) groups is 2. The van der Waals surface area contributed by atoms with E-state index < -0.39 is 5.91 Å². The lowest BCUT2D eigenvalue weighted by molar-refractivity contribution is 0.0971. The molecule has 2 N–H and O–H groups in total. The predicted molar refractivity (Wildman–Crippen MR) is 101 cm³/mol. The van der Waals surface area contributed by atoms with Gasteiger partial charge in [-0.25, -0.2) is 0 Å². The molecule has 5 nitrogen and oxygen atoms in total. The first-order chi connectivity index (χ1) is 12.5. The third-order valence-electron chi connectivity index (χ3n) is 4.84. The lowest BCUT2D eigenvalue weighted by Crippen LogP contribution is -2.13. The number of amides is 1. The molecule has 0 radical (unpaired) electrons. The van der Waals surface area contributed by atoms with Crippen LogP contribution in [0.4, 0.5) is 0 Å². The summed E-state index contributed by atoms with van der Waals surface area (Å²) in [5.74, 6) is 0.303. The summed E-state index contributed by atoms with van der Waals surface area (Å²) in [6, 6.07) is 10.7. The molecule has 0 fully saturated rings. The van der Waals surface area contributed by atoms with E-state index in [0.29, 0.717) is 22.8 Å². The molecule has 1 heterocycles. The second-order valence-electron chi connectivity index (χ2n) is 6.35. The number of carbonyl (C=O) groups excluding carboxylic acids is 2. The first-order valence-electron chi connectivity index (χ1n) is 8.35. The molecular weight excluding hydrogens is 352 g/mol. The van der Waals surface area contributed by atoms with Crippen LogP contribution < -0.4 is 10.5 Å². The maximum Gasteiger partial charge on any atom is 0.248 e. The Hall–Kier alpha value is -2.79. The van der Waals surface area contributed by atoms with E-state index in [9.17, 15) is 9.59 Å². The number of Topliss-reactive ketones (excluding diaryl/α,β-unsaturated/α-hetero) is 1. The van der Waals surface area contributed by atoms with E-state index in [0.717, 1.165) is 40.7 Å². The Kier molecular flexibility index (Phi) is 3.96. The molecule has 0 aliphatic heterocycles. The normalized spacial score (nSPS) is 13.7. The minimum absolute atomic E-state index is 0.133. The second kappa shape index (κ2) is 6.18. The third-order valence-corrected chi connectivity index (χ3v) is 5.14. The number of rotatable bonds is 3. The van der Waals surface area contributed by atoms with E-state index in [-0.39, 0.29) is 5.78 Å². The smallest absolute Gasteiger partial charge is 0.248 e. The predicted octanol–water partition coefficient (Wildman–Crippen LogP) is 3.91. The van der Waals surface area contributed by atoms with Crippen molar-refractivity contribution in [3.63, 3.8) is 0 Å². The molecule has 4 rings (SSSR count). The molecular formula is C20H17ClN2O3. The van der Waals surface area contributed by atoms with Crippen molar-refractivity contribution in [2.75, 3.05) is 7.11 Å². The van der Waals surface area contributed by atoms with Crippen LogP contribution in [0.15, 0.2) is 36.4 Å². The number of methoxy groups -OCH3 is 1. The molecule has 3 aromatic rings. The molecule has 1 aliphatic rings. The van der Waals surface area contributed by atoms with Crippen LogP contribution in [-0.2, 0) is 6.42 Å². The van der Waals surface area contributed by atoms with Crippen LogP contribution in [0.2, 0.25) is 5.02 Å². The average molecular weight is 369 g/mol. The Morgan fingerprint density at radius 2 is 2.00 bits per heavy atom. The van der Waals surface area contributed by atoms with Crippen molar-refractivity contribution in [2.24, 2.45) is 5.73 Å². The summed E-state index contributed by atoms with van der Waals surface area (Å²) in [5.41, 5.74) is 8.98. The molecule has 2 aromatic carbocycles. The summed E-state index contributed by atoms with van der Waals surface area (Å²) in [6.07, 6.45) is 2.12. The number of benzene rings is 2. The van der Waals surface area contributed by atoms with E-state index in [4.69, 9.17) is 22.1 Å². The Bertz CT molecular complexity index is 1070. The largest absolute Gasteiger partial charge is 0.497 e. The van der Waals surface area contributed by atoms with Crippen molar-refractivity contribution in [3.05, 3.63) is 58.2 Å². The highest BCUT2D eigenvalue weighted by Gasteiger charge is 2.27. The van der Waals surface area contributed by atoms with Crippen LogP contribution in [0, 0.1) is 0 Å². The molecule has 1 aromatic heterocycles. The van der Waals surface area contributed by atoms with Crippen molar-refractivity contribution >= 4 is 34.2 Å². The maximum absolute atomic E-state index is 12.6. The minimum atomic E-state index is -0.530. The summed E-state index contributed by atoms with van der Waals surface area (Å²) >= 11 is 6.46. The van der Waals surface area contributed by atoms with Crippen molar-refractivity contribution in [2.45, 2.75) is 19.3 Å². The fraction of sp³-hybridized carbons (Fsp3) is 0.200. The highest BCUT2D eigenvalue weighted by atomic mass is 35.5. The molecule has 26 heavy (non-hydrogen) atoms. The first-order valence-corrected chi connectivity index (χ1v) is 8.73. The monoisotopic (exact) mass is 368 g/mol. The van der Waals surface area contributed by atoms with Gasteiger partial charge in [-0.15, -0.1) is 0 Å². The summed E-state index contributed by atoms with van der Waals surface area (Å²) in [6.45, 7) is 0.